The zero-order valence-electron chi connectivity index (χ0n) is 18.3. The van der Waals surface area contributed by atoms with Gasteiger partial charge in [-0.25, -0.2) is 4.39 Å². The molecule has 5 heteroatoms. The number of ether oxygens (including phenoxy) is 1. The monoisotopic (exact) mass is 407 g/mol. The van der Waals surface area contributed by atoms with Crippen LogP contribution in [0, 0.1) is 5.82 Å². The van der Waals surface area contributed by atoms with Crippen LogP contribution in [0.4, 0.5) is 4.39 Å². The minimum absolute atomic E-state index is 0.103. The number of amides is 1. The van der Waals surface area contributed by atoms with Gasteiger partial charge < -0.3 is 9.64 Å². The number of halogens is 1. The van der Waals surface area contributed by atoms with E-state index in [1.165, 1.54) is 100 Å². The molecule has 0 aliphatic heterocycles. The molecule has 4 nitrogen and oxygen atoms in total. The van der Waals surface area contributed by atoms with Gasteiger partial charge >= 0.3 is 5.97 Å². The minimum atomic E-state index is -0.411. The lowest BCUT2D eigenvalue weighted by atomic mass is 10.1. The van der Waals surface area contributed by atoms with Crippen molar-refractivity contribution in [2.24, 2.45) is 0 Å². The molecule has 0 aliphatic carbocycles. The molecule has 0 atom stereocenters. The molecule has 0 spiro atoms. The highest BCUT2D eigenvalue weighted by Crippen LogP contribution is 2.12. The van der Waals surface area contributed by atoms with E-state index < -0.39 is 11.8 Å². The lowest BCUT2D eigenvalue weighted by molar-refractivity contribution is -0.144. The zero-order chi connectivity index (χ0) is 21.3. The fraction of sp³-hybridized carbons (Fsp3) is 0.667. The standard InChI is InChI=1S/C24H38FNO3/c1-3-4-5-6-7-8-9-10-11-12-13-14-19-29-23(27)20-26(2)24(28)21-15-17-22(25)18-16-21/h15-18H,3-14,19-20H2,1-2H3. The van der Waals surface area contributed by atoms with E-state index in [1.54, 1.807) is 0 Å². The van der Waals surface area contributed by atoms with Gasteiger partial charge in [0.05, 0.1) is 6.61 Å². The van der Waals surface area contributed by atoms with Crippen molar-refractivity contribution < 1.29 is 18.7 Å². The average Bonchev–Trinajstić information content (AvgIpc) is 2.71. The van der Waals surface area contributed by atoms with Crippen LogP contribution in [0.25, 0.3) is 0 Å². The van der Waals surface area contributed by atoms with Crippen molar-refractivity contribution in [2.45, 2.75) is 84.0 Å². The number of nitrogens with zero attached hydrogens (tertiary/aromatic N) is 1. The lowest BCUT2D eigenvalue weighted by Gasteiger charge is -2.16. The van der Waals surface area contributed by atoms with Gasteiger partial charge in [-0.05, 0) is 30.7 Å². The quantitative estimate of drug-likeness (QED) is 0.244. The van der Waals surface area contributed by atoms with Gasteiger partial charge in [0.15, 0.2) is 0 Å². The summed E-state index contributed by atoms with van der Waals surface area (Å²) in [6.07, 6.45) is 15.1. The third kappa shape index (κ3) is 12.3. The van der Waals surface area contributed by atoms with Crippen LogP contribution in [-0.4, -0.2) is 37.0 Å². The molecule has 0 N–H and O–H groups in total. The van der Waals surface area contributed by atoms with E-state index in [0.29, 0.717) is 12.2 Å². The Morgan fingerprint density at radius 2 is 1.31 bits per heavy atom. The Hall–Kier alpha value is -1.91. The molecule has 0 unspecified atom stereocenters. The van der Waals surface area contributed by atoms with Crippen LogP contribution in [0.2, 0.25) is 0 Å². The Labute approximate surface area is 175 Å². The number of unbranched alkanes of at least 4 members (excludes halogenated alkanes) is 11. The Morgan fingerprint density at radius 1 is 0.828 bits per heavy atom. The summed E-state index contributed by atoms with van der Waals surface area (Å²) in [7, 11) is 1.54. The first-order valence-electron chi connectivity index (χ1n) is 11.2. The van der Waals surface area contributed by atoms with E-state index in [-0.39, 0.29) is 12.5 Å². The van der Waals surface area contributed by atoms with Crippen molar-refractivity contribution >= 4 is 11.9 Å². The molecule has 0 saturated carbocycles. The van der Waals surface area contributed by atoms with Crippen LogP contribution in [0.3, 0.4) is 0 Å². The molecule has 164 valence electrons. The Kier molecular flexibility index (Phi) is 13.8. The highest BCUT2D eigenvalue weighted by atomic mass is 19.1. The fourth-order valence-electron chi connectivity index (χ4n) is 3.25. The van der Waals surface area contributed by atoms with Crippen LogP contribution in [0.5, 0.6) is 0 Å². The van der Waals surface area contributed by atoms with E-state index in [1.807, 2.05) is 0 Å². The predicted octanol–water partition coefficient (Wildman–Crippen LogP) is 6.14. The van der Waals surface area contributed by atoms with Crippen LogP contribution >= 0.6 is 0 Å². The average molecular weight is 408 g/mol. The molecule has 1 aromatic carbocycles. The second-order valence-electron chi connectivity index (χ2n) is 7.78. The number of carbonyl (C=O) groups excluding carboxylic acids is 2. The molecular weight excluding hydrogens is 369 g/mol. The number of hydrogen-bond acceptors (Lipinski definition) is 3. The minimum Gasteiger partial charge on any atom is -0.464 e. The van der Waals surface area contributed by atoms with Crippen molar-refractivity contribution in [3.8, 4) is 0 Å². The first-order valence-corrected chi connectivity index (χ1v) is 11.2. The van der Waals surface area contributed by atoms with Gasteiger partial charge in [-0.2, -0.15) is 0 Å². The first kappa shape index (κ1) is 25.1. The third-order valence-electron chi connectivity index (χ3n) is 5.07. The highest BCUT2D eigenvalue weighted by molar-refractivity contribution is 5.95. The third-order valence-corrected chi connectivity index (χ3v) is 5.07. The predicted molar refractivity (Wildman–Crippen MR) is 115 cm³/mol. The van der Waals surface area contributed by atoms with Gasteiger partial charge in [-0.15, -0.1) is 0 Å². The van der Waals surface area contributed by atoms with E-state index in [2.05, 4.69) is 6.92 Å². The van der Waals surface area contributed by atoms with Gasteiger partial charge in [0, 0.05) is 12.6 Å². The topological polar surface area (TPSA) is 46.6 Å². The second-order valence-corrected chi connectivity index (χ2v) is 7.78. The number of carbonyl (C=O) groups is 2. The Bertz CT molecular complexity index is 574. The smallest absolute Gasteiger partial charge is 0.325 e. The zero-order valence-corrected chi connectivity index (χ0v) is 18.3. The Morgan fingerprint density at radius 3 is 1.83 bits per heavy atom. The maximum absolute atomic E-state index is 12.9. The number of rotatable bonds is 16. The van der Waals surface area contributed by atoms with Crippen molar-refractivity contribution in [3.63, 3.8) is 0 Å². The van der Waals surface area contributed by atoms with Crippen molar-refractivity contribution in [1.29, 1.82) is 0 Å². The molecule has 0 fully saturated rings. The molecule has 0 heterocycles. The van der Waals surface area contributed by atoms with Crippen LogP contribution < -0.4 is 0 Å². The van der Waals surface area contributed by atoms with Crippen LogP contribution in [-0.2, 0) is 9.53 Å². The molecular formula is C24H38FNO3. The van der Waals surface area contributed by atoms with Crippen LogP contribution in [0.15, 0.2) is 24.3 Å². The summed E-state index contributed by atoms with van der Waals surface area (Å²) in [5.41, 5.74) is 0.350. The van der Waals surface area contributed by atoms with Crippen molar-refractivity contribution in [2.75, 3.05) is 20.2 Å². The van der Waals surface area contributed by atoms with Crippen LogP contribution in [0.1, 0.15) is 94.3 Å². The van der Waals surface area contributed by atoms with Gasteiger partial charge in [0.2, 0.25) is 0 Å². The maximum Gasteiger partial charge on any atom is 0.325 e. The second kappa shape index (κ2) is 15.9. The summed E-state index contributed by atoms with van der Waals surface area (Å²) in [6.45, 7) is 2.54. The lowest BCUT2D eigenvalue weighted by Crippen LogP contribution is -2.33. The molecule has 0 aliphatic rings. The summed E-state index contributed by atoms with van der Waals surface area (Å²) >= 11 is 0. The van der Waals surface area contributed by atoms with E-state index in [9.17, 15) is 14.0 Å². The molecule has 0 radical (unpaired) electrons. The molecule has 1 aromatic rings. The highest BCUT2D eigenvalue weighted by Gasteiger charge is 2.15. The van der Waals surface area contributed by atoms with E-state index >= 15 is 0 Å². The number of esters is 1. The Balaban J connectivity index is 1.98. The fourth-order valence-corrected chi connectivity index (χ4v) is 3.25. The summed E-state index contributed by atoms with van der Waals surface area (Å²) in [6, 6.07) is 5.28. The molecule has 0 aromatic heterocycles. The molecule has 29 heavy (non-hydrogen) atoms. The van der Waals surface area contributed by atoms with E-state index in [0.717, 1.165) is 12.8 Å². The number of hydrogen-bond donors (Lipinski definition) is 0. The van der Waals surface area contributed by atoms with Gasteiger partial charge in [-0.1, -0.05) is 77.6 Å². The molecule has 1 rings (SSSR count). The summed E-state index contributed by atoms with van der Waals surface area (Å²) < 4.78 is 18.1. The van der Waals surface area contributed by atoms with Crippen molar-refractivity contribution in [3.05, 3.63) is 35.6 Å². The summed E-state index contributed by atoms with van der Waals surface area (Å²) in [5, 5.41) is 0. The van der Waals surface area contributed by atoms with Gasteiger partial charge in [-0.3, -0.25) is 9.59 Å². The van der Waals surface area contributed by atoms with Crippen molar-refractivity contribution in [1.82, 2.24) is 4.90 Å². The largest absolute Gasteiger partial charge is 0.464 e. The summed E-state index contributed by atoms with van der Waals surface area (Å²) in [5.74, 6) is -1.13. The number of benzene rings is 1. The normalized spacial score (nSPS) is 10.7. The molecule has 1 amide bonds. The SMILES string of the molecule is CCCCCCCCCCCCCCOC(=O)CN(C)C(=O)c1ccc(F)cc1. The first-order chi connectivity index (χ1) is 14.0. The molecule has 0 saturated heterocycles. The maximum atomic E-state index is 12.9. The van der Waals surface area contributed by atoms with Gasteiger partial charge in [0.25, 0.3) is 5.91 Å². The number of likely N-dealkylation sites (N-methyl/N-ethyl adjacent to an activating group) is 1. The molecule has 0 bridgehead atoms. The van der Waals surface area contributed by atoms with Gasteiger partial charge in [0.1, 0.15) is 12.4 Å². The summed E-state index contributed by atoms with van der Waals surface area (Å²) in [4.78, 5) is 25.3. The van der Waals surface area contributed by atoms with E-state index in [4.69, 9.17) is 4.74 Å².